The molecule has 0 aliphatic carbocycles. The van der Waals surface area contributed by atoms with Crippen LogP contribution in [0.4, 0.5) is 0 Å². The van der Waals surface area contributed by atoms with E-state index in [4.69, 9.17) is 10.5 Å². The molecule has 0 aliphatic rings. The number of halogens is 1. The zero-order valence-electron chi connectivity index (χ0n) is 9.26. The highest BCUT2D eigenvalue weighted by Gasteiger charge is 2.13. The van der Waals surface area contributed by atoms with E-state index in [0.29, 0.717) is 6.42 Å². The molecule has 1 aromatic heterocycles. The lowest BCUT2D eigenvalue weighted by atomic mass is 10.0. The Labute approximate surface area is 112 Å². The molecule has 6 heteroatoms. The highest BCUT2D eigenvalue weighted by atomic mass is 79.9. The number of hydrogen-bond donors (Lipinski definition) is 1. The molecule has 1 atom stereocenters. The highest BCUT2D eigenvalue weighted by molar-refractivity contribution is 9.10. The Balaban J connectivity index is 2.20. The summed E-state index contributed by atoms with van der Waals surface area (Å²) in [5.74, 6) is 0.848. The number of hydrogen-bond acceptors (Lipinski definition) is 5. The Morgan fingerprint density at radius 1 is 1.53 bits per heavy atom. The van der Waals surface area contributed by atoms with Crippen molar-refractivity contribution in [2.24, 2.45) is 5.73 Å². The second kappa shape index (κ2) is 5.57. The van der Waals surface area contributed by atoms with Crippen LogP contribution < -0.4 is 10.5 Å². The zero-order valence-corrected chi connectivity index (χ0v) is 11.7. The van der Waals surface area contributed by atoms with Crippen molar-refractivity contribution in [1.82, 2.24) is 9.59 Å². The number of ether oxygens (including phenoxy) is 1. The molecule has 0 radical (unpaired) electrons. The first-order chi connectivity index (χ1) is 8.20. The average molecular weight is 314 g/mol. The van der Waals surface area contributed by atoms with Crippen molar-refractivity contribution in [3.05, 3.63) is 39.3 Å². The topological polar surface area (TPSA) is 61.0 Å². The summed E-state index contributed by atoms with van der Waals surface area (Å²) in [6.45, 7) is 0. The van der Waals surface area contributed by atoms with Crippen LogP contribution in [-0.2, 0) is 6.42 Å². The van der Waals surface area contributed by atoms with Crippen LogP contribution in [0.1, 0.15) is 16.5 Å². The molecular weight excluding hydrogens is 302 g/mol. The minimum Gasteiger partial charge on any atom is -0.496 e. The predicted molar refractivity (Wildman–Crippen MR) is 71.2 cm³/mol. The minimum atomic E-state index is -0.0989. The molecule has 0 amide bonds. The van der Waals surface area contributed by atoms with Gasteiger partial charge in [-0.1, -0.05) is 20.4 Å². The Morgan fingerprint density at radius 3 is 3.00 bits per heavy atom. The van der Waals surface area contributed by atoms with Crippen molar-refractivity contribution in [3.63, 3.8) is 0 Å². The van der Waals surface area contributed by atoms with Gasteiger partial charge in [-0.3, -0.25) is 0 Å². The van der Waals surface area contributed by atoms with E-state index in [2.05, 4.69) is 25.5 Å². The Hall–Kier alpha value is -0.980. The molecule has 0 spiro atoms. The summed E-state index contributed by atoms with van der Waals surface area (Å²) in [4.78, 5) is 0.979. The molecule has 1 unspecified atom stereocenters. The number of benzene rings is 1. The lowest BCUT2D eigenvalue weighted by Gasteiger charge is -2.12. The van der Waals surface area contributed by atoms with Gasteiger partial charge in [0.15, 0.2) is 0 Å². The third-order valence-electron chi connectivity index (χ3n) is 2.43. The first-order valence-electron chi connectivity index (χ1n) is 5.06. The van der Waals surface area contributed by atoms with Crippen molar-refractivity contribution >= 4 is 27.5 Å². The van der Waals surface area contributed by atoms with Gasteiger partial charge in [-0.15, -0.1) is 5.10 Å². The van der Waals surface area contributed by atoms with Crippen molar-refractivity contribution in [3.8, 4) is 5.75 Å². The summed E-state index contributed by atoms with van der Waals surface area (Å²) >= 11 is 4.77. The molecule has 2 N–H and O–H groups in total. The fourth-order valence-corrected chi connectivity index (χ4v) is 2.49. The maximum atomic E-state index is 6.10. The van der Waals surface area contributed by atoms with Gasteiger partial charge >= 0.3 is 0 Å². The zero-order chi connectivity index (χ0) is 12.3. The van der Waals surface area contributed by atoms with Crippen LogP contribution in [0.5, 0.6) is 5.75 Å². The van der Waals surface area contributed by atoms with E-state index in [1.54, 1.807) is 13.3 Å². The molecule has 1 heterocycles. The maximum absolute atomic E-state index is 6.10. The van der Waals surface area contributed by atoms with Crippen molar-refractivity contribution in [2.45, 2.75) is 12.5 Å². The summed E-state index contributed by atoms with van der Waals surface area (Å²) in [5.41, 5.74) is 7.18. The third-order valence-corrected chi connectivity index (χ3v) is 3.71. The van der Waals surface area contributed by atoms with Gasteiger partial charge in [0, 0.05) is 10.5 Å². The van der Waals surface area contributed by atoms with Gasteiger partial charge in [-0.25, -0.2) is 0 Å². The maximum Gasteiger partial charge on any atom is 0.122 e. The SMILES string of the molecule is COc1ccc(Br)cc1CC(N)c1cnns1. The van der Waals surface area contributed by atoms with Crippen LogP contribution in [0.2, 0.25) is 0 Å². The number of aromatic nitrogens is 2. The summed E-state index contributed by atoms with van der Waals surface area (Å²) < 4.78 is 10.1. The van der Waals surface area contributed by atoms with E-state index < -0.39 is 0 Å². The largest absolute Gasteiger partial charge is 0.496 e. The summed E-state index contributed by atoms with van der Waals surface area (Å²) in [6.07, 6.45) is 2.41. The summed E-state index contributed by atoms with van der Waals surface area (Å²) in [5, 5.41) is 3.79. The van der Waals surface area contributed by atoms with Gasteiger partial charge in [0.05, 0.1) is 18.2 Å². The van der Waals surface area contributed by atoms with Crippen LogP contribution >= 0.6 is 27.5 Å². The fraction of sp³-hybridized carbons (Fsp3) is 0.273. The Kier molecular flexibility index (Phi) is 4.09. The highest BCUT2D eigenvalue weighted by Crippen LogP contribution is 2.27. The van der Waals surface area contributed by atoms with Crippen LogP contribution in [-0.4, -0.2) is 16.7 Å². The van der Waals surface area contributed by atoms with Gasteiger partial charge < -0.3 is 10.5 Å². The van der Waals surface area contributed by atoms with E-state index >= 15 is 0 Å². The van der Waals surface area contributed by atoms with Crippen LogP contribution in [0.15, 0.2) is 28.9 Å². The van der Waals surface area contributed by atoms with Crippen molar-refractivity contribution in [1.29, 1.82) is 0 Å². The number of rotatable bonds is 4. The van der Waals surface area contributed by atoms with Gasteiger partial charge in [-0.2, -0.15) is 0 Å². The average Bonchev–Trinajstić information content (AvgIpc) is 2.83. The number of nitrogens with two attached hydrogens (primary N) is 1. The first-order valence-corrected chi connectivity index (χ1v) is 6.62. The van der Waals surface area contributed by atoms with Gasteiger partial charge in [-0.05, 0) is 41.7 Å². The third kappa shape index (κ3) is 3.02. The Morgan fingerprint density at radius 2 is 2.35 bits per heavy atom. The molecule has 90 valence electrons. The Bertz CT molecular complexity index is 489. The van der Waals surface area contributed by atoms with E-state index in [-0.39, 0.29) is 6.04 Å². The quantitative estimate of drug-likeness (QED) is 0.942. The molecule has 4 nitrogen and oxygen atoms in total. The van der Waals surface area contributed by atoms with Crippen molar-refractivity contribution < 1.29 is 4.74 Å². The molecule has 0 aliphatic heterocycles. The van der Waals surface area contributed by atoms with Crippen LogP contribution in [0.3, 0.4) is 0 Å². The van der Waals surface area contributed by atoms with Gasteiger partial charge in [0.25, 0.3) is 0 Å². The lowest BCUT2D eigenvalue weighted by Crippen LogP contribution is -2.12. The molecule has 2 aromatic rings. The normalized spacial score (nSPS) is 12.4. The molecule has 17 heavy (non-hydrogen) atoms. The van der Waals surface area contributed by atoms with E-state index in [0.717, 1.165) is 20.7 Å². The monoisotopic (exact) mass is 313 g/mol. The minimum absolute atomic E-state index is 0.0989. The molecule has 0 saturated carbocycles. The molecule has 1 aromatic carbocycles. The second-order valence-electron chi connectivity index (χ2n) is 3.59. The predicted octanol–water partition coefficient (Wildman–Crippen LogP) is 2.55. The van der Waals surface area contributed by atoms with Gasteiger partial charge in [0.2, 0.25) is 0 Å². The first kappa shape index (κ1) is 12.5. The van der Waals surface area contributed by atoms with Crippen LogP contribution in [0.25, 0.3) is 0 Å². The van der Waals surface area contributed by atoms with Crippen molar-refractivity contribution in [2.75, 3.05) is 7.11 Å². The number of methoxy groups -OCH3 is 1. The standard InChI is InChI=1S/C11H12BrN3OS/c1-16-10-3-2-8(12)4-7(10)5-9(13)11-6-14-15-17-11/h2-4,6,9H,5,13H2,1H3. The molecule has 0 saturated heterocycles. The molecule has 0 bridgehead atoms. The van der Waals surface area contributed by atoms with Crippen LogP contribution in [0, 0.1) is 0 Å². The van der Waals surface area contributed by atoms with E-state index in [1.807, 2.05) is 18.2 Å². The lowest BCUT2D eigenvalue weighted by molar-refractivity contribution is 0.408. The molecule has 0 fully saturated rings. The second-order valence-corrected chi connectivity index (χ2v) is 5.32. The fourth-order valence-electron chi connectivity index (χ4n) is 1.58. The number of nitrogens with zero attached hydrogens (tertiary/aromatic N) is 2. The summed E-state index contributed by atoms with van der Waals surface area (Å²) in [6, 6.07) is 5.80. The summed E-state index contributed by atoms with van der Waals surface area (Å²) in [7, 11) is 1.66. The van der Waals surface area contributed by atoms with Gasteiger partial charge in [0.1, 0.15) is 5.75 Å². The molecular formula is C11H12BrN3OS. The smallest absolute Gasteiger partial charge is 0.122 e. The van der Waals surface area contributed by atoms with E-state index in [1.165, 1.54) is 11.5 Å². The van der Waals surface area contributed by atoms with E-state index in [9.17, 15) is 0 Å². The molecule has 2 rings (SSSR count).